The van der Waals surface area contributed by atoms with Crippen LogP contribution in [0.3, 0.4) is 0 Å². The number of carboxylic acid groups (broad SMARTS) is 1. The van der Waals surface area contributed by atoms with Gasteiger partial charge in [0.15, 0.2) is 0 Å². The Hall–Kier alpha value is -2.45. The Balaban J connectivity index is 1.84. The van der Waals surface area contributed by atoms with Gasteiger partial charge in [-0.3, -0.25) is 0 Å². The van der Waals surface area contributed by atoms with Crippen molar-refractivity contribution in [3.05, 3.63) is 33.8 Å². The molecule has 2 heterocycles. The molecular weight excluding hydrogens is 355 g/mol. The third-order valence-corrected chi connectivity index (χ3v) is 4.20. The first-order valence-corrected chi connectivity index (χ1v) is 7.81. The van der Waals surface area contributed by atoms with E-state index in [0.717, 1.165) is 5.57 Å². The quantitative estimate of drug-likeness (QED) is 0.660. The van der Waals surface area contributed by atoms with Crippen molar-refractivity contribution in [1.29, 1.82) is 0 Å². The van der Waals surface area contributed by atoms with Crippen LogP contribution in [0.1, 0.15) is 12.0 Å². The van der Waals surface area contributed by atoms with Gasteiger partial charge >= 0.3 is 6.09 Å². The van der Waals surface area contributed by atoms with Gasteiger partial charge in [-0.25, -0.2) is 9.89 Å². The number of amides is 1. The molecule has 0 fully saturated rings. The number of aromatic amines is 1. The van der Waals surface area contributed by atoms with E-state index in [2.05, 4.69) is 20.5 Å². The monoisotopic (exact) mass is 368 g/mol. The van der Waals surface area contributed by atoms with E-state index in [1.165, 1.54) is 4.90 Å². The third-order valence-electron chi connectivity index (χ3n) is 3.60. The zero-order valence-corrected chi connectivity index (χ0v) is 13.9. The summed E-state index contributed by atoms with van der Waals surface area (Å²) in [6, 6.07) is 3.42. The van der Waals surface area contributed by atoms with Gasteiger partial charge in [-0.1, -0.05) is 29.3 Å². The Bertz CT molecular complexity index is 796. The van der Waals surface area contributed by atoms with Crippen LogP contribution in [0.15, 0.2) is 18.2 Å². The second-order valence-corrected chi connectivity index (χ2v) is 6.01. The number of anilines is 3. The van der Waals surface area contributed by atoms with Gasteiger partial charge in [0, 0.05) is 24.3 Å². The molecule has 0 saturated carbocycles. The van der Waals surface area contributed by atoms with E-state index in [1.807, 2.05) is 6.08 Å². The highest BCUT2D eigenvalue weighted by Crippen LogP contribution is 2.37. The molecule has 0 radical (unpaired) electrons. The lowest BCUT2D eigenvalue weighted by molar-refractivity contribution is 0.150. The number of H-pyrrole nitrogens is 1. The number of aromatic nitrogens is 3. The van der Waals surface area contributed by atoms with Crippen molar-refractivity contribution in [1.82, 2.24) is 20.1 Å². The fourth-order valence-electron chi connectivity index (χ4n) is 2.48. The molecule has 2 aromatic rings. The summed E-state index contributed by atoms with van der Waals surface area (Å²) in [7, 11) is 0. The smallest absolute Gasteiger partial charge is 0.407 e. The lowest BCUT2D eigenvalue weighted by Crippen LogP contribution is -2.33. The Kier molecular flexibility index (Phi) is 4.50. The first kappa shape index (κ1) is 16.4. The molecule has 8 nitrogen and oxygen atoms in total. The first-order valence-electron chi connectivity index (χ1n) is 7.05. The predicted molar refractivity (Wildman–Crippen MR) is 92.7 cm³/mol. The summed E-state index contributed by atoms with van der Waals surface area (Å²) in [5.74, 6) is 0.503. The average Bonchev–Trinajstić information content (AvgIpc) is 2.92. The fraction of sp³-hybridized carbons (Fsp3) is 0.214. The molecule has 1 aliphatic rings. The lowest BCUT2D eigenvalue weighted by atomic mass is 9.99. The van der Waals surface area contributed by atoms with Gasteiger partial charge in [0.25, 0.3) is 0 Å². The van der Waals surface area contributed by atoms with Crippen LogP contribution >= 0.6 is 23.2 Å². The van der Waals surface area contributed by atoms with Gasteiger partial charge < -0.3 is 21.1 Å². The van der Waals surface area contributed by atoms with Crippen LogP contribution in [0.2, 0.25) is 10.0 Å². The maximum absolute atomic E-state index is 11.0. The Morgan fingerprint density at radius 2 is 2.08 bits per heavy atom. The van der Waals surface area contributed by atoms with E-state index < -0.39 is 6.09 Å². The van der Waals surface area contributed by atoms with Gasteiger partial charge in [0.2, 0.25) is 11.9 Å². The summed E-state index contributed by atoms with van der Waals surface area (Å²) in [6.45, 7) is 0.720. The largest absolute Gasteiger partial charge is 0.465 e. The molecule has 1 aliphatic heterocycles. The van der Waals surface area contributed by atoms with Crippen LogP contribution < -0.4 is 11.1 Å². The standard InChI is InChI=1S/C14H14Cl2N6O2/c15-9-5-8(18-13-19-12(17)20-21-13)6-10(16)11(9)7-1-3-22(4-2-7)14(23)24/h1,5-6H,2-4H2,(H,23,24)(H4,17,18,19,20,21). The Morgan fingerprint density at radius 3 is 2.58 bits per heavy atom. The lowest BCUT2D eigenvalue weighted by Gasteiger charge is -2.24. The molecule has 0 unspecified atom stereocenters. The summed E-state index contributed by atoms with van der Waals surface area (Å²) < 4.78 is 0. The van der Waals surface area contributed by atoms with E-state index in [4.69, 9.17) is 34.0 Å². The number of carbonyl (C=O) groups is 1. The number of nitrogen functional groups attached to an aromatic ring is 1. The minimum Gasteiger partial charge on any atom is -0.465 e. The SMILES string of the molecule is Nc1nc(Nc2cc(Cl)c(C3=CCN(C(=O)O)CC3)c(Cl)c2)n[nH]1. The van der Waals surface area contributed by atoms with E-state index in [0.29, 0.717) is 46.8 Å². The molecule has 0 saturated heterocycles. The molecule has 24 heavy (non-hydrogen) atoms. The predicted octanol–water partition coefficient (Wildman–Crippen LogP) is 3.20. The number of rotatable bonds is 3. The van der Waals surface area contributed by atoms with Gasteiger partial charge in [0.05, 0.1) is 10.0 Å². The van der Waals surface area contributed by atoms with Crippen LogP contribution in [0.4, 0.5) is 22.4 Å². The van der Waals surface area contributed by atoms with Crippen molar-refractivity contribution in [2.75, 3.05) is 24.1 Å². The van der Waals surface area contributed by atoms with Gasteiger partial charge in [-0.05, 0) is 24.1 Å². The molecule has 0 atom stereocenters. The highest BCUT2D eigenvalue weighted by molar-refractivity contribution is 6.38. The average molecular weight is 369 g/mol. The first-order chi connectivity index (χ1) is 11.4. The van der Waals surface area contributed by atoms with Crippen molar-refractivity contribution in [2.24, 2.45) is 0 Å². The Morgan fingerprint density at radius 1 is 1.38 bits per heavy atom. The van der Waals surface area contributed by atoms with E-state index in [9.17, 15) is 4.79 Å². The summed E-state index contributed by atoms with van der Waals surface area (Å²) >= 11 is 12.7. The van der Waals surface area contributed by atoms with E-state index in [1.54, 1.807) is 12.1 Å². The molecule has 3 rings (SSSR count). The van der Waals surface area contributed by atoms with Crippen LogP contribution in [-0.4, -0.2) is 44.4 Å². The molecule has 5 N–H and O–H groups in total. The molecule has 0 bridgehead atoms. The third kappa shape index (κ3) is 3.39. The number of nitrogens with two attached hydrogens (primary N) is 1. The molecule has 0 spiro atoms. The van der Waals surface area contributed by atoms with Crippen LogP contribution in [0.5, 0.6) is 0 Å². The number of hydrogen-bond acceptors (Lipinski definition) is 5. The van der Waals surface area contributed by atoms with Crippen LogP contribution in [0.25, 0.3) is 5.57 Å². The normalized spacial score (nSPS) is 14.4. The number of benzene rings is 1. The minimum atomic E-state index is -0.937. The highest BCUT2D eigenvalue weighted by Gasteiger charge is 2.20. The van der Waals surface area contributed by atoms with Crippen molar-refractivity contribution >= 4 is 52.5 Å². The van der Waals surface area contributed by atoms with Crippen molar-refractivity contribution in [3.63, 3.8) is 0 Å². The molecule has 126 valence electrons. The zero-order valence-electron chi connectivity index (χ0n) is 12.4. The molecule has 1 amide bonds. The molecule has 0 aliphatic carbocycles. The summed E-state index contributed by atoms with van der Waals surface area (Å²) in [5.41, 5.74) is 7.73. The van der Waals surface area contributed by atoms with Gasteiger partial charge in [-0.2, -0.15) is 4.98 Å². The zero-order chi connectivity index (χ0) is 17.3. The molecule has 1 aromatic heterocycles. The van der Waals surface area contributed by atoms with Crippen molar-refractivity contribution < 1.29 is 9.90 Å². The minimum absolute atomic E-state index is 0.196. The van der Waals surface area contributed by atoms with Crippen LogP contribution in [0, 0.1) is 0 Å². The van der Waals surface area contributed by atoms with E-state index in [-0.39, 0.29) is 5.95 Å². The maximum Gasteiger partial charge on any atom is 0.407 e. The summed E-state index contributed by atoms with van der Waals surface area (Å²) in [5, 5.41) is 19.3. The topological polar surface area (TPSA) is 120 Å². The van der Waals surface area contributed by atoms with Crippen molar-refractivity contribution in [3.8, 4) is 0 Å². The van der Waals surface area contributed by atoms with E-state index >= 15 is 0 Å². The molecule has 1 aromatic carbocycles. The number of nitrogens with zero attached hydrogens (tertiary/aromatic N) is 3. The summed E-state index contributed by atoms with van der Waals surface area (Å²) in [4.78, 5) is 16.2. The van der Waals surface area contributed by atoms with Gasteiger partial charge in [0.1, 0.15) is 0 Å². The van der Waals surface area contributed by atoms with Gasteiger partial charge in [-0.15, -0.1) is 5.10 Å². The number of nitrogens with one attached hydrogen (secondary N) is 2. The second kappa shape index (κ2) is 6.58. The Labute approximate surface area is 147 Å². The number of hydrogen-bond donors (Lipinski definition) is 4. The highest BCUT2D eigenvalue weighted by atomic mass is 35.5. The second-order valence-electron chi connectivity index (χ2n) is 5.19. The summed E-state index contributed by atoms with van der Waals surface area (Å²) in [6.07, 6.45) is 1.44. The van der Waals surface area contributed by atoms with Crippen LogP contribution in [-0.2, 0) is 0 Å². The fourth-order valence-corrected chi connectivity index (χ4v) is 3.21. The number of halogens is 2. The molecular formula is C14H14Cl2N6O2. The molecule has 10 heteroatoms. The maximum atomic E-state index is 11.0. The van der Waals surface area contributed by atoms with Crippen molar-refractivity contribution in [2.45, 2.75) is 6.42 Å².